The van der Waals surface area contributed by atoms with E-state index in [1.54, 1.807) is 0 Å². The predicted molar refractivity (Wildman–Crippen MR) is 492 cm³/mol. The van der Waals surface area contributed by atoms with Gasteiger partial charge in [0, 0.05) is 81.9 Å². The van der Waals surface area contributed by atoms with Crippen molar-refractivity contribution in [3.63, 3.8) is 0 Å². The molecule has 0 aliphatic rings. The topological polar surface area (TPSA) is 113 Å². The summed E-state index contributed by atoms with van der Waals surface area (Å²) < 4.78 is 18.5. The lowest BCUT2D eigenvalue weighted by molar-refractivity contribution is 0.666. The van der Waals surface area contributed by atoms with E-state index in [0.29, 0.717) is 34.9 Å². The minimum Gasteiger partial charge on any atom is -0.454 e. The molecule has 0 amide bonds. The molecule has 10 nitrogen and oxygen atoms in total. The molecule has 120 heavy (non-hydrogen) atoms. The van der Waals surface area contributed by atoms with Crippen molar-refractivity contribution in [1.82, 2.24) is 39.0 Å². The van der Waals surface area contributed by atoms with Gasteiger partial charge in [0.05, 0.1) is 33.4 Å². The summed E-state index contributed by atoms with van der Waals surface area (Å²) in [4.78, 5) is 30.2. The Morgan fingerprint density at radius 1 is 0.183 bits per heavy atom. The lowest BCUT2D eigenvalue weighted by Gasteiger charge is -2.13. The second kappa shape index (κ2) is 28.9. The van der Waals surface area contributed by atoms with Gasteiger partial charge in [0.25, 0.3) is 0 Å². The number of nitrogens with zero attached hydrogens (tertiary/aromatic N) is 8. The van der Waals surface area contributed by atoms with E-state index in [2.05, 4.69) is 337 Å². The molecule has 6 aromatic heterocycles. The number of benzene rings is 18. The first-order valence-electron chi connectivity index (χ1n) is 40.4. The number of furan rings is 2. The van der Waals surface area contributed by atoms with E-state index in [1.807, 2.05) is 84.9 Å². The lowest BCUT2D eigenvalue weighted by Crippen LogP contribution is -2.00. The molecule has 24 aromatic rings. The maximum Gasteiger partial charge on any atom is 0.164 e. The van der Waals surface area contributed by atoms with E-state index in [-0.39, 0.29) is 0 Å². The molecule has 10 heteroatoms. The quantitative estimate of drug-likeness (QED) is 0.119. The summed E-state index contributed by atoms with van der Waals surface area (Å²) in [6, 6.07) is 144. The molecule has 24 rings (SSSR count). The highest BCUT2D eigenvalue weighted by Crippen LogP contribution is 2.47. The summed E-state index contributed by atoms with van der Waals surface area (Å²) >= 11 is 0. The van der Waals surface area contributed by atoms with Crippen molar-refractivity contribution in [2.24, 2.45) is 0 Å². The van der Waals surface area contributed by atoms with Gasteiger partial charge in [0.1, 0.15) is 11.2 Å². The van der Waals surface area contributed by atoms with Crippen molar-refractivity contribution >= 4 is 109 Å². The van der Waals surface area contributed by atoms with Crippen LogP contribution in [0, 0.1) is 0 Å². The molecule has 0 spiro atoms. The van der Waals surface area contributed by atoms with Crippen LogP contribution in [0.1, 0.15) is 0 Å². The Morgan fingerprint density at radius 2 is 0.525 bits per heavy atom. The van der Waals surface area contributed by atoms with Crippen LogP contribution in [0.5, 0.6) is 0 Å². The third-order valence-electron chi connectivity index (χ3n) is 23.3. The maximum absolute atomic E-state index is 6.87. The standard InChI is InChI=1S/2C55H34N4O/c1-3-14-35(15-4-1)40-19-13-20-41(34-40)55-57-53(38-17-5-2-6-18-38)56-54(58-55)39-28-26-37(27-29-39)42-32-33-48(52-50(42)46-23-10-12-25-49(46)60-52)59-47-24-11-9-22-44(47)45-31-30-36-16-7-8-21-43(36)51(45)59;1-3-13-35(14-4-1)36-23-27-40(28-24-36)54-56-53(39-16-5-2-6-17-39)57-55(58-54)41-29-25-38(26-30-41)43-32-34-48(52-51(43)45-20-10-12-22-49(45)60-52)59-46-21-11-9-19-44(46)50-42-18-8-7-15-37(42)31-33-47(50)59/h2*1-34H. The average Bonchev–Trinajstić information content (AvgIpc) is 1.56. The molecule has 0 saturated heterocycles. The van der Waals surface area contributed by atoms with Gasteiger partial charge in [-0.2, -0.15) is 0 Å². The van der Waals surface area contributed by atoms with E-state index < -0.39 is 0 Å². The summed E-state index contributed by atoms with van der Waals surface area (Å²) in [7, 11) is 0. The second-order valence-electron chi connectivity index (χ2n) is 30.3. The van der Waals surface area contributed by atoms with Gasteiger partial charge in [0.2, 0.25) is 0 Å². The van der Waals surface area contributed by atoms with Crippen LogP contribution < -0.4 is 0 Å². The second-order valence-corrected chi connectivity index (χ2v) is 30.3. The largest absolute Gasteiger partial charge is 0.454 e. The summed E-state index contributed by atoms with van der Waals surface area (Å²) in [5, 5.41) is 14.1. The summed E-state index contributed by atoms with van der Waals surface area (Å²) in [6.07, 6.45) is 0. The molecule has 0 radical (unpaired) electrons. The molecule has 0 fully saturated rings. The third-order valence-corrected chi connectivity index (χ3v) is 23.3. The Morgan fingerprint density at radius 3 is 1.04 bits per heavy atom. The Labute approximate surface area is 689 Å². The lowest BCUT2D eigenvalue weighted by atomic mass is 9.97. The molecule has 0 N–H and O–H groups in total. The minimum atomic E-state index is 0.614. The van der Waals surface area contributed by atoms with Crippen LogP contribution in [-0.2, 0) is 0 Å². The van der Waals surface area contributed by atoms with Crippen molar-refractivity contribution in [2.75, 3.05) is 0 Å². The van der Waals surface area contributed by atoms with Crippen molar-refractivity contribution in [3.8, 4) is 124 Å². The first kappa shape index (κ1) is 69.2. The van der Waals surface area contributed by atoms with E-state index in [9.17, 15) is 0 Å². The van der Waals surface area contributed by atoms with Crippen LogP contribution in [0.25, 0.3) is 233 Å². The number of rotatable bonds is 12. The Balaban J connectivity index is 0.000000140. The molecule has 6 heterocycles. The molecule has 0 aliphatic heterocycles. The number of fused-ring (bicyclic) bond motifs is 16. The number of aromatic nitrogens is 8. The van der Waals surface area contributed by atoms with Gasteiger partial charge in [-0.25, -0.2) is 29.9 Å². The zero-order valence-electron chi connectivity index (χ0n) is 64.7. The van der Waals surface area contributed by atoms with E-state index in [4.69, 9.17) is 38.7 Å². The van der Waals surface area contributed by atoms with Crippen LogP contribution in [-0.4, -0.2) is 39.0 Å². The number of hydrogen-bond donors (Lipinski definition) is 0. The molecular weight excluding hydrogens is 1470 g/mol. The van der Waals surface area contributed by atoms with Gasteiger partial charge >= 0.3 is 0 Å². The van der Waals surface area contributed by atoms with Crippen LogP contribution in [0.3, 0.4) is 0 Å². The van der Waals surface area contributed by atoms with Gasteiger partial charge in [-0.15, -0.1) is 0 Å². The normalized spacial score (nSPS) is 11.7. The smallest absolute Gasteiger partial charge is 0.164 e. The van der Waals surface area contributed by atoms with Crippen molar-refractivity contribution < 1.29 is 8.83 Å². The first-order valence-corrected chi connectivity index (χ1v) is 40.4. The zero-order chi connectivity index (χ0) is 79.1. The van der Waals surface area contributed by atoms with Gasteiger partial charge in [-0.3, -0.25) is 0 Å². The molecule has 18 aromatic carbocycles. The van der Waals surface area contributed by atoms with Gasteiger partial charge in [-0.05, 0) is 109 Å². The van der Waals surface area contributed by atoms with Crippen LogP contribution in [0.4, 0.5) is 0 Å². The molecule has 0 aliphatic carbocycles. The molecule has 560 valence electrons. The average molecular weight is 1530 g/mol. The van der Waals surface area contributed by atoms with Gasteiger partial charge in [-0.1, -0.05) is 364 Å². The Bertz CT molecular complexity index is 8120. The maximum atomic E-state index is 6.87. The summed E-state index contributed by atoms with van der Waals surface area (Å²) in [5.41, 5.74) is 24.4. The van der Waals surface area contributed by atoms with E-state index in [1.165, 1.54) is 54.2 Å². The molecule has 0 saturated carbocycles. The number of para-hydroxylation sites is 4. The van der Waals surface area contributed by atoms with Crippen molar-refractivity contribution in [3.05, 3.63) is 413 Å². The monoisotopic (exact) mass is 1530 g/mol. The van der Waals surface area contributed by atoms with E-state index in [0.717, 1.165) is 144 Å². The molecule has 0 unspecified atom stereocenters. The van der Waals surface area contributed by atoms with Crippen molar-refractivity contribution in [2.45, 2.75) is 0 Å². The third kappa shape index (κ3) is 12.0. The van der Waals surface area contributed by atoms with Crippen LogP contribution in [0.2, 0.25) is 0 Å². The SMILES string of the molecule is c1ccc(-c2ccc(-c3nc(-c4ccccc4)nc(-c4ccc(-c5ccc(-n6c7ccccc7c7c8ccccc8ccc76)c6oc7ccccc7c56)cc4)n3)cc2)cc1.c1ccc(-c2cccc(-c3nc(-c4ccccc4)nc(-c4ccc(-c5ccc(-n6c7ccccc7c7ccc8ccccc8c76)c6oc7ccccc7c56)cc4)n3)c2)cc1. The molecule has 0 bridgehead atoms. The van der Waals surface area contributed by atoms with Crippen LogP contribution >= 0.6 is 0 Å². The fraction of sp³-hybridized carbons (Fsp3) is 0. The van der Waals surface area contributed by atoms with Gasteiger partial charge in [0.15, 0.2) is 46.1 Å². The fourth-order valence-corrected chi connectivity index (χ4v) is 17.7. The molecular formula is C110H68N8O2. The first-order chi connectivity index (χ1) is 59.5. The Kier molecular flexibility index (Phi) is 16.7. The highest BCUT2D eigenvalue weighted by Gasteiger charge is 2.26. The van der Waals surface area contributed by atoms with Crippen molar-refractivity contribution in [1.29, 1.82) is 0 Å². The molecule has 0 atom stereocenters. The highest BCUT2D eigenvalue weighted by atomic mass is 16.3. The van der Waals surface area contributed by atoms with Crippen LogP contribution in [0.15, 0.2) is 421 Å². The predicted octanol–water partition coefficient (Wildman–Crippen LogP) is 28.7. The Hall–Kier alpha value is -16.3. The van der Waals surface area contributed by atoms with E-state index >= 15 is 0 Å². The highest BCUT2D eigenvalue weighted by molar-refractivity contribution is 6.24. The summed E-state index contributed by atoms with van der Waals surface area (Å²) in [5.74, 6) is 3.74. The summed E-state index contributed by atoms with van der Waals surface area (Å²) in [6.45, 7) is 0. The zero-order valence-corrected chi connectivity index (χ0v) is 64.7. The fourth-order valence-electron chi connectivity index (χ4n) is 17.7. The minimum absolute atomic E-state index is 0.614. The van der Waals surface area contributed by atoms with Gasteiger partial charge < -0.3 is 18.0 Å². The number of hydrogen-bond acceptors (Lipinski definition) is 8.